The van der Waals surface area contributed by atoms with E-state index < -0.39 is 10.9 Å². The van der Waals surface area contributed by atoms with E-state index in [1.54, 1.807) is 0 Å². The second-order valence-corrected chi connectivity index (χ2v) is 5.36. The van der Waals surface area contributed by atoms with Gasteiger partial charge in [-0.25, -0.2) is 9.78 Å². The number of rotatable bonds is 5. The zero-order chi connectivity index (χ0) is 14.6. The van der Waals surface area contributed by atoms with E-state index in [4.69, 9.17) is 5.11 Å². The first-order valence-electron chi connectivity index (χ1n) is 5.83. The van der Waals surface area contributed by atoms with Crippen LogP contribution in [-0.2, 0) is 0 Å². The number of carboxylic acids is 1. The third kappa shape index (κ3) is 4.53. The first-order valence-corrected chi connectivity index (χ1v) is 5.83. The molecule has 7 nitrogen and oxygen atoms in total. The summed E-state index contributed by atoms with van der Waals surface area (Å²) in [5.74, 6) is -1.22. The van der Waals surface area contributed by atoms with Gasteiger partial charge in [0.05, 0.1) is 4.92 Å². The summed E-state index contributed by atoms with van der Waals surface area (Å²) < 4.78 is 0. The van der Waals surface area contributed by atoms with Crippen LogP contribution in [0.25, 0.3) is 0 Å². The third-order valence-electron chi connectivity index (χ3n) is 2.46. The maximum absolute atomic E-state index is 10.8. The number of carbonyl (C=O) groups is 1. The van der Waals surface area contributed by atoms with Gasteiger partial charge in [-0.2, -0.15) is 0 Å². The van der Waals surface area contributed by atoms with E-state index >= 15 is 0 Å². The lowest BCUT2D eigenvalue weighted by Crippen LogP contribution is -2.15. The number of hydrogen-bond donors (Lipinski definition) is 2. The van der Waals surface area contributed by atoms with Crippen molar-refractivity contribution >= 4 is 17.5 Å². The van der Waals surface area contributed by atoms with Crippen LogP contribution in [0.3, 0.4) is 0 Å². The Hall–Kier alpha value is -2.18. The predicted molar refractivity (Wildman–Crippen MR) is 70.4 cm³/mol. The van der Waals surface area contributed by atoms with Gasteiger partial charge in [-0.3, -0.25) is 10.1 Å². The number of carboxylic acid groups (broad SMARTS) is 1. The molecule has 104 valence electrons. The normalized spacial score (nSPS) is 11.1. The van der Waals surface area contributed by atoms with E-state index in [1.807, 2.05) is 20.8 Å². The van der Waals surface area contributed by atoms with Gasteiger partial charge in [0.25, 0.3) is 0 Å². The Labute approximate surface area is 110 Å². The fourth-order valence-corrected chi connectivity index (χ4v) is 1.40. The Bertz CT molecular complexity index is 494. The first kappa shape index (κ1) is 14.9. The lowest BCUT2D eigenvalue weighted by Gasteiger charge is -2.18. The Kier molecular flexibility index (Phi) is 4.42. The van der Waals surface area contributed by atoms with Gasteiger partial charge in [-0.1, -0.05) is 20.8 Å². The molecule has 0 unspecified atom stereocenters. The summed E-state index contributed by atoms with van der Waals surface area (Å²) >= 11 is 0. The van der Waals surface area contributed by atoms with E-state index in [-0.39, 0.29) is 22.6 Å². The molecule has 0 aliphatic heterocycles. The molecular weight excluding hydrogens is 250 g/mol. The van der Waals surface area contributed by atoms with Crippen LogP contribution in [0.15, 0.2) is 12.1 Å². The Morgan fingerprint density at radius 1 is 1.47 bits per heavy atom. The lowest BCUT2D eigenvalue weighted by atomic mass is 9.92. The maximum Gasteiger partial charge on any atom is 0.354 e. The topological polar surface area (TPSA) is 105 Å². The molecule has 0 spiro atoms. The molecule has 0 aliphatic rings. The average molecular weight is 267 g/mol. The Morgan fingerprint density at radius 3 is 2.58 bits per heavy atom. The summed E-state index contributed by atoms with van der Waals surface area (Å²) in [6, 6.07) is 2.27. The molecule has 0 amide bonds. The van der Waals surface area contributed by atoms with Crippen molar-refractivity contribution in [2.45, 2.75) is 27.2 Å². The molecule has 1 rings (SSSR count). The summed E-state index contributed by atoms with van der Waals surface area (Å²) in [4.78, 5) is 24.8. The van der Waals surface area contributed by atoms with Crippen LogP contribution in [0, 0.1) is 15.5 Å². The van der Waals surface area contributed by atoms with E-state index in [1.165, 1.54) is 0 Å². The zero-order valence-corrected chi connectivity index (χ0v) is 11.1. The average Bonchev–Trinajstić information content (AvgIpc) is 2.26. The van der Waals surface area contributed by atoms with Crippen molar-refractivity contribution in [1.29, 1.82) is 0 Å². The van der Waals surface area contributed by atoms with Crippen molar-refractivity contribution in [2.75, 3.05) is 11.9 Å². The van der Waals surface area contributed by atoms with Crippen LogP contribution in [0.1, 0.15) is 37.7 Å². The first-order chi connectivity index (χ1) is 8.70. The second-order valence-electron chi connectivity index (χ2n) is 5.36. The number of hydrogen-bond acceptors (Lipinski definition) is 5. The van der Waals surface area contributed by atoms with Crippen LogP contribution in [-0.4, -0.2) is 27.5 Å². The molecule has 0 aliphatic carbocycles. The van der Waals surface area contributed by atoms with Gasteiger partial charge < -0.3 is 10.4 Å². The van der Waals surface area contributed by atoms with Crippen molar-refractivity contribution < 1.29 is 14.8 Å². The molecule has 0 bridgehead atoms. The SMILES string of the molecule is CC(C)(C)CCNc1nc(C(=O)O)ccc1[N+](=O)[O-]. The van der Waals surface area contributed by atoms with Crippen LogP contribution in [0.2, 0.25) is 0 Å². The van der Waals surface area contributed by atoms with E-state index in [2.05, 4.69) is 10.3 Å². The Balaban J connectivity index is 2.92. The number of nitro groups is 1. The van der Waals surface area contributed by atoms with Crippen molar-refractivity contribution in [3.63, 3.8) is 0 Å². The highest BCUT2D eigenvalue weighted by molar-refractivity contribution is 5.86. The molecule has 1 aromatic heterocycles. The fourth-order valence-electron chi connectivity index (χ4n) is 1.40. The number of aromatic carboxylic acids is 1. The van der Waals surface area contributed by atoms with Gasteiger partial charge in [-0.15, -0.1) is 0 Å². The van der Waals surface area contributed by atoms with Crippen LogP contribution in [0.5, 0.6) is 0 Å². The molecule has 1 aromatic rings. The van der Waals surface area contributed by atoms with Crippen molar-refractivity contribution in [3.05, 3.63) is 27.9 Å². The standard InChI is InChI=1S/C12H17N3O4/c1-12(2,3)6-7-13-10-9(15(18)19)5-4-8(14-10)11(16)17/h4-5H,6-7H2,1-3H3,(H,13,14)(H,16,17). The number of pyridine rings is 1. The second kappa shape index (κ2) is 5.64. The quantitative estimate of drug-likeness (QED) is 0.627. The van der Waals surface area contributed by atoms with Crippen LogP contribution >= 0.6 is 0 Å². The number of aromatic nitrogens is 1. The zero-order valence-electron chi connectivity index (χ0n) is 11.1. The summed E-state index contributed by atoms with van der Waals surface area (Å²) in [6.07, 6.45) is 0.781. The molecule has 0 aromatic carbocycles. The summed E-state index contributed by atoms with van der Waals surface area (Å²) in [5.41, 5.74) is -0.366. The largest absolute Gasteiger partial charge is 0.477 e. The third-order valence-corrected chi connectivity index (χ3v) is 2.46. The number of nitrogens with one attached hydrogen (secondary N) is 1. The van der Waals surface area contributed by atoms with E-state index in [0.29, 0.717) is 6.54 Å². The monoisotopic (exact) mass is 267 g/mol. The number of nitrogens with zero attached hydrogens (tertiary/aromatic N) is 2. The molecule has 19 heavy (non-hydrogen) atoms. The van der Waals surface area contributed by atoms with Crippen molar-refractivity contribution in [1.82, 2.24) is 4.98 Å². The summed E-state index contributed by atoms with van der Waals surface area (Å²) in [6.45, 7) is 6.62. The molecule has 0 fully saturated rings. The molecule has 2 N–H and O–H groups in total. The van der Waals surface area contributed by atoms with E-state index in [0.717, 1.165) is 18.6 Å². The van der Waals surface area contributed by atoms with Gasteiger partial charge in [0.2, 0.25) is 5.82 Å². The molecule has 0 atom stereocenters. The summed E-state index contributed by atoms with van der Waals surface area (Å²) in [7, 11) is 0. The van der Waals surface area contributed by atoms with Gasteiger partial charge in [0.1, 0.15) is 0 Å². The van der Waals surface area contributed by atoms with Crippen molar-refractivity contribution in [2.24, 2.45) is 5.41 Å². The predicted octanol–water partition coefficient (Wildman–Crippen LogP) is 2.54. The number of anilines is 1. The fraction of sp³-hybridized carbons (Fsp3) is 0.500. The molecular formula is C12H17N3O4. The maximum atomic E-state index is 10.8. The summed E-state index contributed by atoms with van der Waals surface area (Å²) in [5, 5.41) is 22.5. The minimum Gasteiger partial charge on any atom is -0.477 e. The van der Waals surface area contributed by atoms with Crippen molar-refractivity contribution in [3.8, 4) is 0 Å². The highest BCUT2D eigenvalue weighted by Crippen LogP contribution is 2.24. The van der Waals surface area contributed by atoms with Gasteiger partial charge in [0, 0.05) is 12.6 Å². The highest BCUT2D eigenvalue weighted by atomic mass is 16.6. The smallest absolute Gasteiger partial charge is 0.354 e. The van der Waals surface area contributed by atoms with Gasteiger partial charge in [-0.05, 0) is 17.9 Å². The molecule has 7 heteroatoms. The van der Waals surface area contributed by atoms with Crippen LogP contribution < -0.4 is 5.32 Å². The highest BCUT2D eigenvalue weighted by Gasteiger charge is 2.19. The lowest BCUT2D eigenvalue weighted by molar-refractivity contribution is -0.384. The van der Waals surface area contributed by atoms with E-state index in [9.17, 15) is 14.9 Å². The minimum absolute atomic E-state index is 0.00542. The minimum atomic E-state index is -1.21. The Morgan fingerprint density at radius 2 is 2.11 bits per heavy atom. The molecule has 1 heterocycles. The van der Waals surface area contributed by atoms with Gasteiger partial charge in [0.15, 0.2) is 5.69 Å². The molecule has 0 saturated heterocycles. The molecule has 0 radical (unpaired) electrons. The van der Waals surface area contributed by atoms with Crippen LogP contribution in [0.4, 0.5) is 11.5 Å². The molecule has 0 saturated carbocycles. The van der Waals surface area contributed by atoms with Gasteiger partial charge >= 0.3 is 11.7 Å².